The summed E-state index contributed by atoms with van der Waals surface area (Å²) in [5.74, 6) is -10.3. The average Bonchev–Trinajstić information content (AvgIpc) is 2.81. The Balaban J connectivity index is -0.000000169. The van der Waals surface area contributed by atoms with Crippen LogP contribution in [-0.4, -0.2) is 55.5 Å². The van der Waals surface area contributed by atoms with Gasteiger partial charge < -0.3 is 15.3 Å². The second-order valence-electron chi connectivity index (χ2n) is 3.68. The first-order valence-corrected chi connectivity index (χ1v) is 8.38. The molecule has 24 heavy (non-hydrogen) atoms. The standard InChI is InChI=1S/C7H5F6Si.3C2H6O.Hf/c8-6(9,10)14(7(11,12)13)5-3-1-2-4-5;3*1-2-3;/h1-4,14H;3*3H,2H2,1H3;/q-1;;;;. The molecule has 0 amide bonds. The van der Waals surface area contributed by atoms with Crippen molar-refractivity contribution in [2.24, 2.45) is 0 Å². The minimum atomic E-state index is -5.16. The van der Waals surface area contributed by atoms with Gasteiger partial charge in [0.1, 0.15) is 0 Å². The Morgan fingerprint density at radius 1 is 0.750 bits per heavy atom. The van der Waals surface area contributed by atoms with Gasteiger partial charge in [0.15, 0.2) is 0 Å². The smallest absolute Gasteiger partial charge is 0.361 e. The van der Waals surface area contributed by atoms with Crippen LogP contribution in [0.25, 0.3) is 0 Å². The van der Waals surface area contributed by atoms with Gasteiger partial charge in [0, 0.05) is 45.7 Å². The van der Waals surface area contributed by atoms with Crippen LogP contribution in [0.15, 0.2) is 24.3 Å². The van der Waals surface area contributed by atoms with Crippen LogP contribution < -0.4 is 5.19 Å². The molecule has 0 aliphatic rings. The summed E-state index contributed by atoms with van der Waals surface area (Å²) in [4.78, 5) is 0. The van der Waals surface area contributed by atoms with E-state index in [0.717, 1.165) is 12.1 Å². The minimum Gasteiger partial charge on any atom is -0.397 e. The summed E-state index contributed by atoms with van der Waals surface area (Å²) in [5.41, 5.74) is 0. The molecule has 3 nitrogen and oxygen atoms in total. The molecule has 0 aliphatic heterocycles. The Morgan fingerprint density at radius 2 is 0.958 bits per heavy atom. The molecule has 0 aliphatic carbocycles. The van der Waals surface area contributed by atoms with Crippen molar-refractivity contribution in [1.82, 2.24) is 0 Å². The maximum Gasteiger partial charge on any atom is 0.361 e. The summed E-state index contributed by atoms with van der Waals surface area (Å²) in [7, 11) is -4.92. The molecule has 0 atom stereocenters. The zero-order valence-electron chi connectivity index (χ0n) is 13.6. The van der Waals surface area contributed by atoms with Gasteiger partial charge in [0.05, 0.1) is 0 Å². The number of alkyl halides is 6. The molecule has 144 valence electrons. The average molecular weight is 548 g/mol. The van der Waals surface area contributed by atoms with Crippen molar-refractivity contribution in [2.75, 3.05) is 19.8 Å². The van der Waals surface area contributed by atoms with E-state index in [2.05, 4.69) is 0 Å². The van der Waals surface area contributed by atoms with Gasteiger partial charge in [-0.25, -0.2) is 12.1 Å². The maximum atomic E-state index is 12.1. The second kappa shape index (κ2) is 17.7. The van der Waals surface area contributed by atoms with Crippen LogP contribution in [0.3, 0.4) is 0 Å². The summed E-state index contributed by atoms with van der Waals surface area (Å²) >= 11 is 0. The molecule has 0 aromatic heterocycles. The van der Waals surface area contributed by atoms with E-state index in [4.69, 9.17) is 15.3 Å². The molecule has 0 bridgehead atoms. The molecule has 0 unspecified atom stereocenters. The predicted molar refractivity (Wildman–Crippen MR) is 79.2 cm³/mol. The van der Waals surface area contributed by atoms with Crippen molar-refractivity contribution < 1.29 is 67.5 Å². The van der Waals surface area contributed by atoms with Gasteiger partial charge in [-0.05, 0) is 20.8 Å². The molecule has 0 saturated carbocycles. The third-order valence-electron chi connectivity index (χ3n) is 1.68. The number of hydrogen-bond acceptors (Lipinski definition) is 3. The molecule has 0 fully saturated rings. The predicted octanol–water partition coefficient (Wildman–Crippen LogP) is 2.04. The van der Waals surface area contributed by atoms with Crippen LogP contribution in [0, 0.1) is 0 Å². The fraction of sp³-hybridized carbons (Fsp3) is 0.615. The molecule has 1 aromatic carbocycles. The molecule has 1 aromatic rings. The first kappa shape index (κ1) is 31.6. The molecule has 0 spiro atoms. The molecule has 3 N–H and O–H groups in total. The third kappa shape index (κ3) is 18.2. The van der Waals surface area contributed by atoms with Gasteiger partial charge in [-0.15, -0.1) is 5.19 Å². The van der Waals surface area contributed by atoms with E-state index < -0.39 is 25.6 Å². The molecule has 0 radical (unpaired) electrons. The normalized spacial score (nSPS) is 10.2. The molecule has 0 heterocycles. The van der Waals surface area contributed by atoms with Crippen LogP contribution in [-0.2, 0) is 25.8 Å². The van der Waals surface area contributed by atoms with Crippen molar-refractivity contribution >= 4 is 14.0 Å². The van der Waals surface area contributed by atoms with E-state index in [0.29, 0.717) is 0 Å². The fourth-order valence-electron chi connectivity index (χ4n) is 1.14. The fourth-order valence-corrected chi connectivity index (χ4v) is 2.88. The number of halogens is 6. The monoisotopic (exact) mass is 549 g/mol. The number of rotatable bonds is 1. The molecule has 1 rings (SSSR count). The van der Waals surface area contributed by atoms with Gasteiger partial charge in [-0.3, -0.25) is 0 Å². The largest absolute Gasteiger partial charge is 0.397 e. The summed E-state index contributed by atoms with van der Waals surface area (Å²) in [6.45, 7) is 5.79. The van der Waals surface area contributed by atoms with E-state index >= 15 is 0 Å². The Bertz CT molecular complexity index is 326. The second-order valence-corrected chi connectivity index (χ2v) is 6.53. The first-order valence-electron chi connectivity index (χ1n) is 6.65. The maximum absolute atomic E-state index is 12.1. The Kier molecular flexibility index (Phi) is 23.4. The van der Waals surface area contributed by atoms with E-state index in [-0.39, 0.29) is 45.7 Å². The zero-order chi connectivity index (χ0) is 19.1. The summed E-state index contributed by atoms with van der Waals surface area (Å²) < 4.78 is 72.7. The van der Waals surface area contributed by atoms with Crippen LogP contribution >= 0.6 is 0 Å². The van der Waals surface area contributed by atoms with Crippen molar-refractivity contribution in [1.29, 1.82) is 0 Å². The van der Waals surface area contributed by atoms with Gasteiger partial charge in [-0.2, -0.15) is 38.5 Å². The third-order valence-corrected chi connectivity index (χ3v) is 4.04. The van der Waals surface area contributed by atoms with Gasteiger partial charge in [0.25, 0.3) is 8.80 Å². The van der Waals surface area contributed by atoms with Crippen LogP contribution in [0.5, 0.6) is 0 Å². The van der Waals surface area contributed by atoms with Crippen molar-refractivity contribution in [2.45, 2.75) is 32.4 Å². The molecular weight excluding hydrogens is 525 g/mol. The van der Waals surface area contributed by atoms with Crippen molar-refractivity contribution in [3.8, 4) is 0 Å². The van der Waals surface area contributed by atoms with E-state index in [1.165, 1.54) is 12.1 Å². The minimum absolute atomic E-state index is 0. The van der Waals surface area contributed by atoms with Crippen LogP contribution in [0.2, 0.25) is 0 Å². The summed E-state index contributed by atoms with van der Waals surface area (Å²) in [5, 5.41) is 22.1. The molecule has 0 saturated heterocycles. The topological polar surface area (TPSA) is 60.7 Å². The Morgan fingerprint density at radius 3 is 1.12 bits per heavy atom. The Hall–Kier alpha value is -0.103. The summed E-state index contributed by atoms with van der Waals surface area (Å²) in [6.07, 6.45) is 0. The van der Waals surface area contributed by atoms with Gasteiger partial charge >= 0.3 is 11.6 Å². The quantitative estimate of drug-likeness (QED) is 0.287. The van der Waals surface area contributed by atoms with Crippen LogP contribution in [0.4, 0.5) is 26.3 Å². The van der Waals surface area contributed by atoms with E-state index in [1.54, 1.807) is 20.8 Å². The van der Waals surface area contributed by atoms with Gasteiger partial charge in [-0.1, -0.05) is 0 Å². The number of aliphatic hydroxyl groups excluding tert-OH is 3. The number of aliphatic hydroxyl groups is 3. The van der Waals surface area contributed by atoms with Crippen molar-refractivity contribution in [3.63, 3.8) is 0 Å². The molecule has 11 heteroatoms. The Labute approximate surface area is 158 Å². The van der Waals surface area contributed by atoms with Crippen LogP contribution in [0.1, 0.15) is 20.8 Å². The van der Waals surface area contributed by atoms with Crippen molar-refractivity contribution in [3.05, 3.63) is 24.3 Å². The first-order chi connectivity index (χ1) is 10.5. The van der Waals surface area contributed by atoms with E-state index in [1.807, 2.05) is 0 Å². The van der Waals surface area contributed by atoms with E-state index in [9.17, 15) is 26.3 Å². The number of hydrogen-bond donors (Lipinski definition) is 3. The van der Waals surface area contributed by atoms with Gasteiger partial charge in [0.2, 0.25) is 0 Å². The molecular formula is C13H23F6HfO3Si-. The summed E-state index contributed by atoms with van der Waals surface area (Å²) in [6, 6.07) is 4.09. The zero-order valence-corrected chi connectivity index (χ0v) is 18.4. The SMILES string of the molecule is CCO.CCO.CCO.FC(F)(F)[SiH]([c-]1cccc1)C(F)(F)F.[Hf].